The molecule has 1 aromatic heterocycles. The number of carbonyl (C=O) groups excluding carboxylic acids is 1. The Balaban J connectivity index is 0.000000294. The van der Waals surface area contributed by atoms with Crippen molar-refractivity contribution in [1.29, 1.82) is 0 Å². The van der Waals surface area contributed by atoms with E-state index >= 15 is 0 Å². The molecular weight excluding hydrogens is 839 g/mol. The number of aromatic nitrogens is 2. The molecule has 0 aliphatic heterocycles. The Hall–Kier alpha value is -3.66. The van der Waals surface area contributed by atoms with Gasteiger partial charge in [-0.25, -0.2) is 4.98 Å². The summed E-state index contributed by atoms with van der Waals surface area (Å²) in [7, 11) is 0. The van der Waals surface area contributed by atoms with Gasteiger partial charge in [-0.3, -0.25) is 9.78 Å². The smallest absolute Gasteiger partial charge is 0.157 e. The first kappa shape index (κ1) is 43.1. The van der Waals surface area contributed by atoms with E-state index in [0.717, 1.165) is 54.2 Å². The third kappa shape index (κ3) is 8.58. The molecule has 0 amide bonds. The normalized spacial score (nSPS) is 13.4. The van der Waals surface area contributed by atoms with Crippen LogP contribution in [0.5, 0.6) is 0 Å². The summed E-state index contributed by atoms with van der Waals surface area (Å²) in [6.45, 7) is 26.1. The van der Waals surface area contributed by atoms with Gasteiger partial charge in [0.25, 0.3) is 0 Å². The van der Waals surface area contributed by atoms with Crippen LogP contribution in [0.15, 0.2) is 78.5 Å². The quantitative estimate of drug-likeness (QED) is 0.0926. The zero-order chi connectivity index (χ0) is 38.6. The molecule has 1 heterocycles. The SMILES string of the molecule is CC(C)c1nc(-c2[c-]cc(C(C)C)c3ccccc23)c2c(n1)C(C)(C)c1c-2ccc2ccccc12.CCC(CC)C(=O)/C=C(\[N-]C(C)C)C(CC)CC.[Ir]. The molecular formula is C49H61IrN3O-2. The maximum Gasteiger partial charge on any atom is 0.157 e. The van der Waals surface area contributed by atoms with E-state index in [-0.39, 0.29) is 49.2 Å². The molecule has 0 bridgehead atoms. The van der Waals surface area contributed by atoms with Gasteiger partial charge in [-0.05, 0) is 52.3 Å². The fourth-order valence-electron chi connectivity index (χ4n) is 8.05. The van der Waals surface area contributed by atoms with Crippen molar-refractivity contribution in [2.24, 2.45) is 11.8 Å². The van der Waals surface area contributed by atoms with Gasteiger partial charge in [0, 0.05) is 43.1 Å². The van der Waals surface area contributed by atoms with Crippen molar-refractivity contribution in [2.45, 2.75) is 132 Å². The number of carbonyl (C=O) groups is 1. The summed E-state index contributed by atoms with van der Waals surface area (Å²) in [5.41, 5.74) is 9.08. The molecule has 1 aliphatic rings. The molecule has 4 nitrogen and oxygen atoms in total. The molecule has 4 aromatic carbocycles. The Labute approximate surface area is 339 Å². The number of nitrogens with zero attached hydrogens (tertiary/aromatic N) is 3. The third-order valence-electron chi connectivity index (χ3n) is 11.1. The summed E-state index contributed by atoms with van der Waals surface area (Å²) in [5.74, 6) is 2.40. The number of hydrogen-bond donors (Lipinski definition) is 0. The average molecular weight is 900 g/mol. The third-order valence-corrected chi connectivity index (χ3v) is 11.1. The summed E-state index contributed by atoms with van der Waals surface area (Å²) in [6, 6.07) is 28.0. The number of benzene rings is 4. The summed E-state index contributed by atoms with van der Waals surface area (Å²) in [5, 5.41) is 9.71. The topological polar surface area (TPSA) is 57.0 Å². The second-order valence-electron chi connectivity index (χ2n) is 16.2. The monoisotopic (exact) mass is 900 g/mol. The van der Waals surface area contributed by atoms with E-state index < -0.39 is 0 Å². The molecule has 0 atom stereocenters. The molecule has 0 unspecified atom stereocenters. The molecule has 289 valence electrons. The Morgan fingerprint density at radius 1 is 0.759 bits per heavy atom. The Bertz CT molecular complexity index is 2100. The van der Waals surface area contributed by atoms with Gasteiger partial charge < -0.3 is 5.32 Å². The zero-order valence-corrected chi connectivity index (χ0v) is 37.1. The van der Waals surface area contributed by atoms with Crippen LogP contribution in [-0.4, -0.2) is 21.8 Å². The molecule has 0 N–H and O–H groups in total. The molecule has 0 fully saturated rings. The Morgan fingerprint density at radius 3 is 1.93 bits per heavy atom. The fraction of sp³-hybridized carbons (Fsp3) is 0.449. The molecule has 5 aromatic rings. The first-order valence-electron chi connectivity index (χ1n) is 20.1. The van der Waals surface area contributed by atoms with Crippen LogP contribution in [0.2, 0.25) is 0 Å². The van der Waals surface area contributed by atoms with Crippen molar-refractivity contribution in [3.05, 3.63) is 113 Å². The summed E-state index contributed by atoms with van der Waals surface area (Å²) < 4.78 is 0. The van der Waals surface area contributed by atoms with Crippen LogP contribution in [0.25, 0.3) is 49.2 Å². The van der Waals surface area contributed by atoms with Crippen molar-refractivity contribution in [3.8, 4) is 22.4 Å². The van der Waals surface area contributed by atoms with Gasteiger partial charge >= 0.3 is 0 Å². The van der Waals surface area contributed by atoms with Crippen molar-refractivity contribution in [2.75, 3.05) is 0 Å². The largest absolute Gasteiger partial charge is 0.685 e. The van der Waals surface area contributed by atoms with Gasteiger partial charge in [-0.1, -0.05) is 173 Å². The van der Waals surface area contributed by atoms with Crippen molar-refractivity contribution >= 4 is 27.3 Å². The van der Waals surface area contributed by atoms with E-state index in [4.69, 9.17) is 9.97 Å². The van der Waals surface area contributed by atoms with Crippen LogP contribution in [0.3, 0.4) is 0 Å². The van der Waals surface area contributed by atoms with Gasteiger partial charge in [0.2, 0.25) is 0 Å². The van der Waals surface area contributed by atoms with Gasteiger partial charge in [-0.15, -0.1) is 29.3 Å². The van der Waals surface area contributed by atoms with Crippen molar-refractivity contribution in [3.63, 3.8) is 0 Å². The van der Waals surface area contributed by atoms with Crippen LogP contribution in [0.4, 0.5) is 0 Å². The molecule has 6 rings (SSSR count). The minimum Gasteiger partial charge on any atom is -0.685 e. The molecule has 1 aliphatic carbocycles. The van der Waals surface area contributed by atoms with Crippen molar-refractivity contribution < 1.29 is 24.9 Å². The predicted molar refractivity (Wildman–Crippen MR) is 227 cm³/mol. The molecule has 0 saturated heterocycles. The average Bonchev–Trinajstić information content (AvgIpc) is 3.38. The predicted octanol–water partition coefficient (Wildman–Crippen LogP) is 13.9. The Morgan fingerprint density at radius 2 is 1.35 bits per heavy atom. The molecule has 0 saturated carbocycles. The summed E-state index contributed by atoms with van der Waals surface area (Å²) in [6.07, 6.45) is 5.76. The first-order valence-corrected chi connectivity index (χ1v) is 20.1. The molecule has 54 heavy (non-hydrogen) atoms. The van der Waals surface area contributed by atoms with E-state index in [1.807, 2.05) is 6.08 Å². The van der Waals surface area contributed by atoms with E-state index in [0.29, 0.717) is 11.8 Å². The number of ketones is 1. The van der Waals surface area contributed by atoms with Crippen LogP contribution in [0, 0.1) is 17.9 Å². The van der Waals surface area contributed by atoms with Gasteiger partial charge in [0.1, 0.15) is 5.82 Å². The van der Waals surface area contributed by atoms with Gasteiger partial charge in [0.05, 0.1) is 5.69 Å². The summed E-state index contributed by atoms with van der Waals surface area (Å²) >= 11 is 0. The van der Waals surface area contributed by atoms with Crippen LogP contribution in [-0.2, 0) is 30.3 Å². The second kappa shape index (κ2) is 18.3. The Kier molecular flexibility index (Phi) is 14.6. The van der Waals surface area contributed by atoms with Crippen LogP contribution < -0.4 is 0 Å². The van der Waals surface area contributed by atoms with E-state index in [9.17, 15) is 4.79 Å². The van der Waals surface area contributed by atoms with Gasteiger partial charge in [0.15, 0.2) is 5.78 Å². The number of hydrogen-bond acceptors (Lipinski definition) is 3. The molecule has 0 spiro atoms. The van der Waals surface area contributed by atoms with Crippen LogP contribution in [0.1, 0.15) is 143 Å². The van der Waals surface area contributed by atoms with E-state index in [1.165, 1.54) is 43.8 Å². The number of fused-ring (bicyclic) bond motifs is 6. The fourth-order valence-corrected chi connectivity index (χ4v) is 8.05. The standard InChI is InChI=1S/C33H31N2.C16H31NO.Ir/c1-19(2)22-17-18-26(25-14-10-9-13-24(22)25)30-28-27-16-15-21-11-7-8-12-23(21)29(27)33(5,6)31(28)35-32(34-30)20(3)4;1-7-13(8-2)15(17-12(5)6)11-16(18)14(9-3)10-4;/h7-17,19-20H,1-6H3;11-14H,7-10H2,1-6H3,(H,17,18);/q-1;;/p-1. The summed E-state index contributed by atoms with van der Waals surface area (Å²) in [4.78, 5) is 22.7. The second-order valence-corrected chi connectivity index (χ2v) is 16.2. The van der Waals surface area contributed by atoms with E-state index in [1.54, 1.807) is 0 Å². The molecule has 5 heteroatoms. The maximum atomic E-state index is 12.2. The van der Waals surface area contributed by atoms with Crippen LogP contribution >= 0.6 is 0 Å². The van der Waals surface area contributed by atoms with Gasteiger partial charge in [-0.2, -0.15) is 5.70 Å². The number of rotatable bonds is 12. The van der Waals surface area contributed by atoms with Crippen molar-refractivity contribution in [1.82, 2.24) is 9.97 Å². The number of allylic oxidation sites excluding steroid dienone is 2. The van der Waals surface area contributed by atoms with E-state index in [2.05, 4.69) is 161 Å². The zero-order valence-electron chi connectivity index (χ0n) is 34.7. The minimum absolute atomic E-state index is 0. The molecule has 1 radical (unpaired) electrons. The first-order chi connectivity index (χ1) is 25.3. The minimum atomic E-state index is -0.222. The maximum absolute atomic E-state index is 12.2.